The van der Waals surface area contributed by atoms with Crippen LogP contribution < -0.4 is 10.1 Å². The molecule has 0 radical (unpaired) electrons. The molecule has 1 saturated heterocycles. The maximum absolute atomic E-state index is 9.65. The van der Waals surface area contributed by atoms with Crippen molar-refractivity contribution in [3.05, 3.63) is 22.8 Å². The summed E-state index contributed by atoms with van der Waals surface area (Å²) in [4.78, 5) is 14.7. The van der Waals surface area contributed by atoms with Gasteiger partial charge in [0.2, 0.25) is 11.8 Å². The van der Waals surface area contributed by atoms with Gasteiger partial charge in [0, 0.05) is 43.9 Å². The number of morpholine rings is 1. The molecule has 35 heavy (non-hydrogen) atoms. The van der Waals surface area contributed by atoms with E-state index < -0.39 is 0 Å². The van der Waals surface area contributed by atoms with Gasteiger partial charge in [0.05, 0.1) is 30.5 Å². The zero-order valence-electron chi connectivity index (χ0n) is 20.3. The van der Waals surface area contributed by atoms with Crippen LogP contribution in [0.2, 0.25) is 0 Å². The Morgan fingerprint density at radius 3 is 2.74 bits per heavy atom. The van der Waals surface area contributed by atoms with E-state index in [1.165, 1.54) is 10.4 Å². The average Bonchev–Trinajstić information content (AvgIpc) is 3.56. The van der Waals surface area contributed by atoms with Crippen LogP contribution in [-0.4, -0.2) is 74.8 Å². The highest BCUT2D eigenvalue weighted by Crippen LogP contribution is 2.48. The summed E-state index contributed by atoms with van der Waals surface area (Å²) in [5, 5.41) is 18.3. The second-order valence-corrected chi connectivity index (χ2v) is 11.0. The number of rotatable bonds is 7. The van der Waals surface area contributed by atoms with Crippen LogP contribution in [0.15, 0.2) is 12.4 Å². The van der Waals surface area contributed by atoms with Crippen molar-refractivity contribution in [2.45, 2.75) is 63.0 Å². The molecule has 1 aliphatic heterocycles. The summed E-state index contributed by atoms with van der Waals surface area (Å²) in [6, 6.07) is 0.631. The molecule has 9 nitrogen and oxygen atoms in total. The van der Waals surface area contributed by atoms with E-state index in [9.17, 15) is 5.11 Å². The Labute approximate surface area is 209 Å². The van der Waals surface area contributed by atoms with Crippen molar-refractivity contribution in [1.29, 1.82) is 0 Å². The summed E-state index contributed by atoms with van der Waals surface area (Å²) >= 11 is 1.75. The van der Waals surface area contributed by atoms with Crippen molar-refractivity contribution in [3.63, 3.8) is 0 Å². The van der Waals surface area contributed by atoms with Gasteiger partial charge in [0.1, 0.15) is 10.9 Å². The largest absolute Gasteiger partial charge is 0.474 e. The van der Waals surface area contributed by atoms with Gasteiger partial charge in [-0.1, -0.05) is 0 Å². The molecule has 2 fully saturated rings. The Balaban J connectivity index is 1.27. The number of hydrogen-bond donors (Lipinski definition) is 2. The molecule has 0 amide bonds. The quantitative estimate of drug-likeness (QED) is 0.510. The van der Waals surface area contributed by atoms with Crippen LogP contribution in [0.25, 0.3) is 10.2 Å². The Bertz CT molecular complexity index is 1170. The van der Waals surface area contributed by atoms with Crippen LogP contribution in [-0.2, 0) is 18.2 Å². The number of aryl methyl sites for hydroxylation is 2. The lowest BCUT2D eigenvalue weighted by Crippen LogP contribution is -2.46. The van der Waals surface area contributed by atoms with E-state index in [1.54, 1.807) is 22.2 Å². The normalized spacial score (nSPS) is 25.1. The van der Waals surface area contributed by atoms with E-state index in [4.69, 9.17) is 19.4 Å². The molecule has 2 N–H and O–H groups in total. The molecule has 0 unspecified atom stereocenters. The van der Waals surface area contributed by atoms with E-state index in [-0.39, 0.29) is 12.7 Å². The van der Waals surface area contributed by atoms with Crippen molar-refractivity contribution < 1.29 is 14.6 Å². The molecule has 188 valence electrons. The van der Waals surface area contributed by atoms with Crippen molar-refractivity contribution in [2.75, 3.05) is 38.2 Å². The minimum absolute atomic E-state index is 0.157. The van der Waals surface area contributed by atoms with Gasteiger partial charge < -0.3 is 19.9 Å². The third-order valence-electron chi connectivity index (χ3n) is 7.68. The van der Waals surface area contributed by atoms with Crippen LogP contribution >= 0.6 is 11.3 Å². The molecular weight excluding hydrogens is 464 g/mol. The van der Waals surface area contributed by atoms with Gasteiger partial charge in [-0.3, -0.25) is 9.58 Å². The molecule has 1 saturated carbocycles. The zero-order chi connectivity index (χ0) is 23.8. The maximum Gasteiger partial charge on any atom is 0.232 e. The molecule has 4 heterocycles. The second kappa shape index (κ2) is 10.0. The monoisotopic (exact) mass is 498 g/mol. The number of thiophene rings is 1. The van der Waals surface area contributed by atoms with Crippen molar-refractivity contribution >= 4 is 33.2 Å². The fourth-order valence-corrected chi connectivity index (χ4v) is 7.20. The summed E-state index contributed by atoms with van der Waals surface area (Å²) in [5.41, 5.74) is 2.16. The Kier molecular flexibility index (Phi) is 6.62. The number of hydrogen-bond acceptors (Lipinski definition) is 9. The summed E-state index contributed by atoms with van der Waals surface area (Å²) in [5.74, 6) is 1.59. The minimum Gasteiger partial charge on any atom is -0.474 e. The number of aliphatic hydroxyl groups excluding tert-OH is 1. The van der Waals surface area contributed by atoms with Gasteiger partial charge >= 0.3 is 0 Å². The lowest BCUT2D eigenvalue weighted by Gasteiger charge is -2.38. The molecule has 10 heteroatoms. The summed E-state index contributed by atoms with van der Waals surface area (Å²) < 4.78 is 14.0. The molecule has 1 atom stereocenters. The van der Waals surface area contributed by atoms with Gasteiger partial charge in [-0.05, 0) is 56.4 Å². The van der Waals surface area contributed by atoms with E-state index in [0.717, 1.165) is 87.2 Å². The molecule has 3 aliphatic rings. The number of ether oxygens (including phenoxy) is 2. The highest BCUT2D eigenvalue weighted by molar-refractivity contribution is 7.19. The number of aromatic nitrogens is 4. The summed E-state index contributed by atoms with van der Waals surface area (Å²) in [6.07, 6.45) is 11.1. The third kappa shape index (κ3) is 4.76. The molecule has 0 aromatic carbocycles. The van der Waals surface area contributed by atoms with Crippen molar-refractivity contribution in [1.82, 2.24) is 24.6 Å². The van der Waals surface area contributed by atoms with Crippen LogP contribution in [0.3, 0.4) is 0 Å². The predicted molar refractivity (Wildman–Crippen MR) is 136 cm³/mol. The van der Waals surface area contributed by atoms with E-state index >= 15 is 0 Å². The van der Waals surface area contributed by atoms with Crippen LogP contribution in [0.1, 0.15) is 54.9 Å². The lowest BCUT2D eigenvalue weighted by atomic mass is 9.91. The topological polar surface area (TPSA) is 97.6 Å². The van der Waals surface area contributed by atoms with Gasteiger partial charge in [-0.2, -0.15) is 10.1 Å². The van der Waals surface area contributed by atoms with Gasteiger partial charge in [-0.25, -0.2) is 4.98 Å². The van der Waals surface area contributed by atoms with E-state index in [0.29, 0.717) is 23.8 Å². The lowest BCUT2D eigenvalue weighted by molar-refractivity contribution is -0.00125. The first-order chi connectivity index (χ1) is 17.2. The number of aliphatic hydroxyl groups is 1. The SMILES string of the molecule is Cn1cc(Nc2nc(O[C@H]3CC[C@H](N4CCOCC4)CC3)c3c4c(sc3n2)CC[C@@H]4CCO)cn1. The molecule has 0 bridgehead atoms. The molecular formula is C25H34N6O3S. The second-order valence-electron chi connectivity index (χ2n) is 9.94. The third-order valence-corrected chi connectivity index (χ3v) is 8.84. The molecule has 0 spiro atoms. The first-order valence-corrected chi connectivity index (χ1v) is 13.7. The zero-order valence-corrected chi connectivity index (χ0v) is 21.1. The van der Waals surface area contributed by atoms with Crippen LogP contribution in [0, 0.1) is 0 Å². The molecule has 3 aromatic heterocycles. The highest BCUT2D eigenvalue weighted by Gasteiger charge is 2.32. The first kappa shape index (κ1) is 23.1. The smallest absolute Gasteiger partial charge is 0.232 e. The Hall–Kier alpha value is -2.27. The van der Waals surface area contributed by atoms with Crippen LogP contribution in [0.5, 0.6) is 5.88 Å². The Morgan fingerprint density at radius 2 is 2.00 bits per heavy atom. The first-order valence-electron chi connectivity index (χ1n) is 12.9. The fourth-order valence-electron chi connectivity index (χ4n) is 5.93. The van der Waals surface area contributed by atoms with Crippen molar-refractivity contribution in [3.8, 4) is 5.88 Å². The van der Waals surface area contributed by atoms with Gasteiger partial charge in [-0.15, -0.1) is 11.3 Å². The predicted octanol–water partition coefficient (Wildman–Crippen LogP) is 3.60. The van der Waals surface area contributed by atoms with Crippen molar-refractivity contribution in [2.24, 2.45) is 7.05 Å². The van der Waals surface area contributed by atoms with Gasteiger partial charge in [0.25, 0.3) is 0 Å². The minimum atomic E-state index is 0.157. The average molecular weight is 499 g/mol. The highest BCUT2D eigenvalue weighted by atomic mass is 32.1. The molecule has 3 aromatic rings. The summed E-state index contributed by atoms with van der Waals surface area (Å²) in [7, 11) is 1.89. The Morgan fingerprint density at radius 1 is 1.17 bits per heavy atom. The van der Waals surface area contributed by atoms with E-state index in [1.807, 2.05) is 13.2 Å². The standard InChI is InChI=1S/C25H34N6O3S/c1-30-15-17(14-26-30)27-25-28-23(22-21-16(8-11-32)2-7-20(21)35-24(22)29-25)34-19-5-3-18(4-6-19)31-9-12-33-13-10-31/h14-16,18-19,32H,2-13H2,1H3,(H,27,28,29)/t16-,18-,19-/m1/s1. The van der Waals surface area contributed by atoms with Crippen LogP contribution in [0.4, 0.5) is 11.6 Å². The number of fused-ring (bicyclic) bond motifs is 3. The fraction of sp³-hybridized carbons (Fsp3) is 0.640. The number of nitrogens with one attached hydrogen (secondary N) is 1. The number of anilines is 2. The van der Waals surface area contributed by atoms with E-state index in [2.05, 4.69) is 15.3 Å². The number of nitrogens with zero attached hydrogens (tertiary/aromatic N) is 5. The summed E-state index contributed by atoms with van der Waals surface area (Å²) in [6.45, 7) is 3.98. The van der Waals surface area contributed by atoms with Gasteiger partial charge in [0.15, 0.2) is 0 Å². The molecule has 6 rings (SSSR count). The molecule has 2 aliphatic carbocycles. The maximum atomic E-state index is 9.65.